The predicted molar refractivity (Wildman–Crippen MR) is 583 cm³/mol. The minimum absolute atomic E-state index is 0.0779. The van der Waals surface area contributed by atoms with E-state index < -0.39 is 0 Å². The molecule has 0 N–H and O–H groups in total. The highest BCUT2D eigenvalue weighted by atomic mass is 16.7. The zero-order valence-electron chi connectivity index (χ0n) is 90.9. The zero-order chi connectivity index (χ0) is 105. The zero-order valence-corrected chi connectivity index (χ0v) is 90.9. The Morgan fingerprint density at radius 1 is 0.264 bits per heavy atom. The van der Waals surface area contributed by atoms with Gasteiger partial charge < -0.3 is 99.5 Å². The smallest absolute Gasteiger partial charge is 0.188 e. The van der Waals surface area contributed by atoms with Gasteiger partial charge in [0.15, 0.2) is 112 Å². The number of rotatable bonds is 54. The van der Waals surface area contributed by atoms with Crippen molar-refractivity contribution >= 4 is 44.6 Å². The van der Waals surface area contributed by atoms with Gasteiger partial charge in [0.05, 0.1) is 26.4 Å². The van der Waals surface area contributed by atoms with Crippen molar-refractivity contribution in [3.63, 3.8) is 0 Å². The molecule has 21 heteroatoms. The first-order valence-corrected chi connectivity index (χ1v) is 48.2. The molecule has 0 saturated heterocycles. The molecule has 0 amide bonds. The number of unbranched alkanes of at least 4 members (excludes halogenated alkanes) is 7. The molecule has 0 atom stereocenters. The van der Waals surface area contributed by atoms with Crippen LogP contribution in [0, 0.1) is 0 Å². The van der Waals surface area contributed by atoms with E-state index in [9.17, 15) is 0 Å². The predicted octanol–water partition coefficient (Wildman–Crippen LogP) is 31.1. The van der Waals surface area contributed by atoms with Crippen LogP contribution in [0.5, 0.6) is 74.7 Å². The summed E-state index contributed by atoms with van der Waals surface area (Å²) in [6.07, 6.45) is 15.4. The Morgan fingerprint density at radius 2 is 0.521 bits per heavy atom. The van der Waals surface area contributed by atoms with E-state index in [1.807, 2.05) is 212 Å². The largest absolute Gasteiger partial charge is 0.493 e. The Kier molecular flexibility index (Phi) is 66.0. The van der Waals surface area contributed by atoms with Crippen LogP contribution in [0.3, 0.4) is 0 Å². The molecule has 0 spiro atoms. The summed E-state index contributed by atoms with van der Waals surface area (Å²) in [6.45, 7) is 75.9. The van der Waals surface area contributed by atoms with Gasteiger partial charge in [-0.1, -0.05) is 232 Å². The molecule has 0 aliphatic carbocycles. The summed E-state index contributed by atoms with van der Waals surface area (Å²) in [6, 6.07) is 47.6. The van der Waals surface area contributed by atoms with Gasteiger partial charge in [-0.2, -0.15) is 0 Å². The van der Waals surface area contributed by atoms with Crippen molar-refractivity contribution in [3.05, 3.63) is 259 Å². The van der Waals surface area contributed by atoms with Crippen LogP contribution in [-0.2, 0) is 56.2 Å². The number of allylic oxidation sites excluding steroid dienone is 8. The molecular weight excluding hydrogens is 1770 g/mol. The van der Waals surface area contributed by atoms with Crippen LogP contribution in [0.2, 0.25) is 0 Å². The maximum Gasteiger partial charge on any atom is 0.188 e. The molecule has 0 unspecified atom stereocenters. The van der Waals surface area contributed by atoms with Crippen LogP contribution in [0.4, 0.5) is 0 Å². The van der Waals surface area contributed by atoms with Crippen molar-refractivity contribution in [3.8, 4) is 74.7 Å². The lowest BCUT2D eigenvalue weighted by Crippen LogP contribution is -2.23. The third kappa shape index (κ3) is 51.8. The number of methoxy groups -OCH3 is 9. The molecule has 0 bridgehead atoms. The summed E-state index contributed by atoms with van der Waals surface area (Å²) in [4.78, 5) is 0. The van der Waals surface area contributed by atoms with Gasteiger partial charge in [0.25, 0.3) is 0 Å². The first kappa shape index (κ1) is 127. The van der Waals surface area contributed by atoms with Gasteiger partial charge in [-0.25, -0.2) is 0 Å². The van der Waals surface area contributed by atoms with Crippen LogP contribution in [0.15, 0.2) is 198 Å². The van der Waals surface area contributed by atoms with E-state index in [1.54, 1.807) is 64.0 Å². The molecule has 140 heavy (non-hydrogen) atoms. The van der Waals surface area contributed by atoms with Crippen molar-refractivity contribution in [2.24, 2.45) is 0 Å². The standard InChI is InChI=1S/C17H26O2.C16H24O3.2C16H24O2.C15H22O3.C14H20O3.C13H18O3.C12H16O3/c1-5-6-7-8-9-16-12-15(14(2)3)10-11-17(16)19-13-18-4;1-5-6-7-10-18-16-11-14(13(2)3)8-9-15(16)19-12-17-4;1-7-16(4,5)14-10-13(12(2)3)8-9-15(14)18-11-17-6;1-5-6-7-8-15-11-14(13(2)3)9-10-16(15)18-12-17-4;1-11(2)12-7-8-13(17-10-16-6)14(9-12)18-15(3,4)5;1-10(2)12-6-7-13(16-9-15-5)14(8-12)17-11(3)4;1-5-15-13-8-11(10(2)3)6-7-12(13)16-9-14-4;1-9(2)10-5-6-11(15-8-13-3)12(7-10)14-4/h10-12H,2,5-9,13H2,1,3-4H3;8-9,11H,2,5-7,10,12H2,1,3-4H3;8-10H,2,7,11H2,1,3-6H3;9-11H,2,5-8,12H2,1,3-4H3;7-9H,1,10H2,2-6H3;6-8,11H,1,9H2,2-5H3;6-8H,2,5,9H2,1,3-4H3;5-7H,1,8H2,2-4H3. The topological polar surface area (TPSA) is 194 Å². The normalized spacial score (nSPS) is 10.5. The third-order valence-corrected chi connectivity index (χ3v) is 20.7. The summed E-state index contributed by atoms with van der Waals surface area (Å²) in [7, 11) is 14.5. The fraction of sp³-hybridized carbons (Fsp3) is 0.462. The number of hydrogen-bond acceptors (Lipinski definition) is 21. The summed E-state index contributed by atoms with van der Waals surface area (Å²) < 4.78 is 112. The van der Waals surface area contributed by atoms with E-state index in [-0.39, 0.29) is 57.9 Å². The highest BCUT2D eigenvalue weighted by molar-refractivity contribution is 5.70. The molecule has 8 aromatic rings. The van der Waals surface area contributed by atoms with Crippen LogP contribution in [0.25, 0.3) is 44.6 Å². The monoisotopic (exact) mass is 1940 g/mol. The van der Waals surface area contributed by atoms with Gasteiger partial charge in [0.1, 0.15) is 22.8 Å². The molecular formula is C119H174O21. The average molecular weight is 1940 g/mol. The Morgan fingerprint density at radius 3 is 0.836 bits per heavy atom. The molecule has 0 radical (unpaired) electrons. The van der Waals surface area contributed by atoms with E-state index in [1.165, 1.54) is 85.6 Å². The molecule has 0 aliphatic rings. The number of benzene rings is 8. The number of hydrogen-bond donors (Lipinski definition) is 0. The molecule has 21 nitrogen and oxygen atoms in total. The summed E-state index contributed by atoms with van der Waals surface area (Å²) in [5.41, 5.74) is 20.5. The van der Waals surface area contributed by atoms with Crippen molar-refractivity contribution < 1.29 is 99.5 Å². The van der Waals surface area contributed by atoms with E-state index in [4.69, 9.17) is 99.5 Å². The van der Waals surface area contributed by atoms with E-state index >= 15 is 0 Å². The number of ether oxygens (including phenoxy) is 21. The van der Waals surface area contributed by atoms with E-state index in [0.717, 1.165) is 138 Å². The Bertz CT molecular complexity index is 4850. The fourth-order valence-corrected chi connectivity index (χ4v) is 12.6. The maximum atomic E-state index is 5.90. The lowest BCUT2D eigenvalue weighted by molar-refractivity contribution is 0.0440. The van der Waals surface area contributed by atoms with Crippen molar-refractivity contribution in [1.82, 2.24) is 0 Å². The second kappa shape index (κ2) is 72.9. The lowest BCUT2D eigenvalue weighted by atomic mass is 9.80. The van der Waals surface area contributed by atoms with Crippen LogP contribution < -0.4 is 61.6 Å². The summed E-state index contributed by atoms with van der Waals surface area (Å²) in [5.74, 6) is 9.79. The van der Waals surface area contributed by atoms with Gasteiger partial charge in [-0.3, -0.25) is 0 Å². The Balaban J connectivity index is 0.000000801. The average Bonchev–Trinajstić information content (AvgIpc) is 0.679. The van der Waals surface area contributed by atoms with Gasteiger partial charge in [0.2, 0.25) is 0 Å². The van der Waals surface area contributed by atoms with Crippen molar-refractivity contribution in [2.75, 3.05) is 132 Å². The van der Waals surface area contributed by atoms with Gasteiger partial charge in [-0.05, 0) is 294 Å². The third-order valence-electron chi connectivity index (χ3n) is 20.7. The first-order valence-electron chi connectivity index (χ1n) is 48.2. The molecule has 0 saturated carbocycles. The Hall–Kier alpha value is -11.2. The molecule has 0 aliphatic heterocycles. The van der Waals surface area contributed by atoms with Crippen LogP contribution in [-0.4, -0.2) is 143 Å². The quantitative estimate of drug-likeness (QED) is 0.0258. The van der Waals surface area contributed by atoms with Crippen LogP contribution >= 0.6 is 0 Å². The second-order valence-corrected chi connectivity index (χ2v) is 35.4. The molecule has 0 fully saturated rings. The number of aryl methyl sites for hydroxylation is 2. The van der Waals surface area contributed by atoms with Crippen molar-refractivity contribution in [1.29, 1.82) is 0 Å². The highest BCUT2D eigenvalue weighted by Crippen LogP contribution is 2.40. The maximum absolute atomic E-state index is 5.90. The fourth-order valence-electron chi connectivity index (χ4n) is 12.6. The minimum Gasteiger partial charge on any atom is -0.493 e. The molecule has 0 heterocycles. The summed E-state index contributed by atoms with van der Waals surface area (Å²) in [5, 5.41) is 0. The van der Waals surface area contributed by atoms with Crippen LogP contribution in [0.1, 0.15) is 270 Å². The Labute approximate surface area is 844 Å². The lowest BCUT2D eigenvalue weighted by Gasteiger charge is -2.26. The van der Waals surface area contributed by atoms with E-state index in [0.29, 0.717) is 67.0 Å². The second-order valence-electron chi connectivity index (χ2n) is 35.4. The van der Waals surface area contributed by atoms with Crippen molar-refractivity contribution in [2.45, 2.75) is 239 Å². The van der Waals surface area contributed by atoms with Gasteiger partial charge in [-0.15, -0.1) is 0 Å². The molecule has 8 rings (SSSR count). The molecule has 0 aromatic heterocycles. The van der Waals surface area contributed by atoms with Gasteiger partial charge >= 0.3 is 0 Å². The minimum atomic E-state index is -0.279. The molecule has 776 valence electrons. The van der Waals surface area contributed by atoms with E-state index in [2.05, 4.69) is 125 Å². The first-order chi connectivity index (χ1) is 66.7. The van der Waals surface area contributed by atoms with Gasteiger partial charge in [0, 0.05) is 62.4 Å². The SMILES string of the molecule is C=C(C)c1ccc(OCOC)c(C(C)(C)CC)c1.C=C(C)c1ccc(OCOC)c(CCCCC)c1.C=C(C)c1ccc(OCOC)c(CCCCCC)c1.C=C(C)c1ccc(OCOC)c(OC(C)(C)C)c1.C=C(C)c1ccc(OCOC)c(OC(C)C)c1.C=C(C)c1ccc(OCOC)c(OC)c1.C=C(C)c1ccc(OCOC)c(OCC)c1.C=C(C)c1ccc(OCOC)c(OCCCCC)c1. The highest BCUT2D eigenvalue weighted by Gasteiger charge is 2.24. The summed E-state index contributed by atoms with van der Waals surface area (Å²) >= 11 is 0. The molecule has 8 aromatic carbocycles.